The van der Waals surface area contributed by atoms with E-state index >= 15 is 0 Å². The van der Waals surface area contributed by atoms with Crippen molar-refractivity contribution in [2.75, 3.05) is 26.7 Å². The summed E-state index contributed by atoms with van der Waals surface area (Å²) in [6.07, 6.45) is 2.27. The lowest BCUT2D eigenvalue weighted by Gasteiger charge is -2.08. The monoisotopic (exact) mass is 124 g/mol. The third-order valence-electron chi connectivity index (χ3n) is 2.14. The van der Waals surface area contributed by atoms with E-state index in [1.165, 1.54) is 13.1 Å². The quantitative estimate of drug-likeness (QED) is 0.490. The maximum Gasteiger partial charge on any atom is 0.0248 e. The lowest BCUT2D eigenvalue weighted by molar-refractivity contribution is 0.437. The molecule has 2 aliphatic rings. The van der Waals surface area contributed by atoms with Gasteiger partial charge in [0.2, 0.25) is 0 Å². The van der Waals surface area contributed by atoms with Gasteiger partial charge in [0.1, 0.15) is 0 Å². The van der Waals surface area contributed by atoms with Crippen molar-refractivity contribution in [3.63, 3.8) is 0 Å². The van der Waals surface area contributed by atoms with Crippen LogP contribution < -0.4 is 5.32 Å². The molecule has 2 nitrogen and oxygen atoms in total. The molecule has 0 amide bonds. The van der Waals surface area contributed by atoms with Gasteiger partial charge in [-0.25, -0.2) is 0 Å². The summed E-state index contributed by atoms with van der Waals surface area (Å²) in [6, 6.07) is 0. The Morgan fingerprint density at radius 1 is 1.78 bits per heavy atom. The zero-order chi connectivity index (χ0) is 6.27. The first-order valence-corrected chi connectivity index (χ1v) is 3.48. The lowest BCUT2D eigenvalue weighted by atomic mass is 10.1. The third-order valence-corrected chi connectivity index (χ3v) is 2.14. The van der Waals surface area contributed by atoms with Crippen molar-refractivity contribution < 1.29 is 0 Å². The van der Waals surface area contributed by atoms with Crippen molar-refractivity contribution in [1.82, 2.24) is 10.2 Å². The van der Waals surface area contributed by atoms with Crippen LogP contribution in [-0.4, -0.2) is 31.6 Å². The molecule has 0 spiro atoms. The van der Waals surface area contributed by atoms with Crippen molar-refractivity contribution in [3.05, 3.63) is 11.8 Å². The molecule has 1 saturated heterocycles. The number of nitrogens with one attached hydrogen (secondary N) is 1. The molecule has 1 unspecified atom stereocenters. The van der Waals surface area contributed by atoms with Gasteiger partial charge >= 0.3 is 0 Å². The molecule has 2 rings (SSSR count). The van der Waals surface area contributed by atoms with Crippen LogP contribution in [0.2, 0.25) is 0 Å². The summed E-state index contributed by atoms with van der Waals surface area (Å²) in [5, 5.41) is 3.35. The summed E-state index contributed by atoms with van der Waals surface area (Å²) in [5.74, 6) is 0.829. The highest BCUT2D eigenvalue weighted by molar-refractivity contribution is 5.18. The number of hydrogen-bond acceptors (Lipinski definition) is 2. The van der Waals surface area contributed by atoms with Gasteiger partial charge < -0.3 is 10.2 Å². The molecular formula is C7H12N2. The molecule has 0 aromatic carbocycles. The Kier molecular flexibility index (Phi) is 1.02. The summed E-state index contributed by atoms with van der Waals surface area (Å²) in [4.78, 5) is 2.28. The minimum Gasteiger partial charge on any atom is -0.380 e. The van der Waals surface area contributed by atoms with Crippen molar-refractivity contribution in [3.8, 4) is 0 Å². The van der Waals surface area contributed by atoms with E-state index in [1.807, 2.05) is 0 Å². The van der Waals surface area contributed by atoms with E-state index < -0.39 is 0 Å². The van der Waals surface area contributed by atoms with Gasteiger partial charge in [-0.2, -0.15) is 0 Å². The highest BCUT2D eigenvalue weighted by Gasteiger charge is 2.25. The predicted molar refractivity (Wildman–Crippen MR) is 37.1 cm³/mol. The van der Waals surface area contributed by atoms with Crippen molar-refractivity contribution in [2.24, 2.45) is 5.92 Å². The Hall–Kier alpha value is -0.500. The van der Waals surface area contributed by atoms with Gasteiger partial charge in [0.15, 0.2) is 0 Å². The highest BCUT2D eigenvalue weighted by Crippen LogP contribution is 2.22. The van der Waals surface area contributed by atoms with Crippen molar-refractivity contribution in [1.29, 1.82) is 0 Å². The van der Waals surface area contributed by atoms with Gasteiger partial charge in [0.25, 0.3) is 0 Å². The third kappa shape index (κ3) is 0.741. The minimum atomic E-state index is 0.829. The predicted octanol–water partition coefficient (Wildman–Crippen LogP) is 0.0351. The fourth-order valence-corrected chi connectivity index (χ4v) is 1.68. The largest absolute Gasteiger partial charge is 0.380 e. The van der Waals surface area contributed by atoms with Crippen LogP contribution in [0.25, 0.3) is 0 Å². The molecule has 0 saturated carbocycles. The summed E-state index contributed by atoms with van der Waals surface area (Å²) < 4.78 is 0. The molecule has 1 fully saturated rings. The molecule has 50 valence electrons. The molecule has 0 aromatic rings. The molecule has 1 atom stereocenters. The van der Waals surface area contributed by atoms with E-state index in [1.54, 1.807) is 5.57 Å². The van der Waals surface area contributed by atoms with Crippen LogP contribution in [0.15, 0.2) is 11.8 Å². The van der Waals surface area contributed by atoms with Gasteiger partial charge in [-0.05, 0) is 11.8 Å². The van der Waals surface area contributed by atoms with Crippen LogP contribution in [0, 0.1) is 5.92 Å². The molecule has 2 heterocycles. The maximum absolute atomic E-state index is 3.35. The van der Waals surface area contributed by atoms with Gasteiger partial charge in [0, 0.05) is 32.6 Å². The van der Waals surface area contributed by atoms with Gasteiger partial charge in [-0.15, -0.1) is 0 Å². The smallest absolute Gasteiger partial charge is 0.0248 e. The number of rotatable bonds is 0. The van der Waals surface area contributed by atoms with E-state index in [4.69, 9.17) is 0 Å². The van der Waals surface area contributed by atoms with Crippen LogP contribution in [0.1, 0.15) is 0 Å². The van der Waals surface area contributed by atoms with E-state index in [0.29, 0.717) is 0 Å². The summed E-state index contributed by atoms with van der Waals surface area (Å²) in [6.45, 7) is 3.54. The topological polar surface area (TPSA) is 15.3 Å². The SMILES string of the molecule is CN1C=C2CNCC2C1. The fraction of sp³-hybridized carbons (Fsp3) is 0.714. The molecule has 1 N–H and O–H groups in total. The minimum absolute atomic E-state index is 0.829. The Morgan fingerprint density at radius 3 is 3.44 bits per heavy atom. The van der Waals surface area contributed by atoms with Gasteiger partial charge in [-0.3, -0.25) is 0 Å². The Balaban J connectivity index is 2.18. The summed E-state index contributed by atoms with van der Waals surface area (Å²) in [7, 11) is 2.14. The average molecular weight is 124 g/mol. The van der Waals surface area contributed by atoms with Crippen molar-refractivity contribution >= 4 is 0 Å². The second-order valence-electron chi connectivity index (χ2n) is 2.97. The number of hydrogen-bond donors (Lipinski definition) is 1. The lowest BCUT2D eigenvalue weighted by Crippen LogP contribution is -2.18. The van der Waals surface area contributed by atoms with Gasteiger partial charge in [0.05, 0.1) is 0 Å². The van der Waals surface area contributed by atoms with Crippen molar-refractivity contribution in [2.45, 2.75) is 0 Å². The number of nitrogens with zero attached hydrogens (tertiary/aromatic N) is 1. The Bertz CT molecular complexity index is 151. The van der Waals surface area contributed by atoms with Crippen LogP contribution in [0.3, 0.4) is 0 Å². The second-order valence-corrected chi connectivity index (χ2v) is 2.97. The normalized spacial score (nSPS) is 32.8. The maximum atomic E-state index is 3.35. The van der Waals surface area contributed by atoms with E-state index in [-0.39, 0.29) is 0 Å². The van der Waals surface area contributed by atoms with E-state index in [0.717, 1.165) is 12.5 Å². The standard InChI is InChI=1S/C7H12N2/c1-9-4-6-2-8-3-7(6)5-9/h4,7-8H,2-3,5H2,1H3. The van der Waals surface area contributed by atoms with Crippen LogP contribution in [0.5, 0.6) is 0 Å². The Labute approximate surface area is 55.5 Å². The molecule has 0 bridgehead atoms. The fourth-order valence-electron chi connectivity index (χ4n) is 1.68. The highest BCUT2D eigenvalue weighted by atomic mass is 15.1. The molecule has 0 radical (unpaired) electrons. The van der Waals surface area contributed by atoms with Crippen LogP contribution in [0.4, 0.5) is 0 Å². The first kappa shape index (κ1) is 5.30. The zero-order valence-corrected chi connectivity index (χ0v) is 5.72. The molecular weight excluding hydrogens is 112 g/mol. The van der Waals surface area contributed by atoms with E-state index in [2.05, 4.69) is 23.5 Å². The molecule has 2 heteroatoms. The number of fused-ring (bicyclic) bond motifs is 1. The van der Waals surface area contributed by atoms with Crippen LogP contribution >= 0.6 is 0 Å². The Morgan fingerprint density at radius 2 is 2.67 bits per heavy atom. The average Bonchev–Trinajstić information content (AvgIpc) is 2.22. The summed E-state index contributed by atoms with van der Waals surface area (Å²) in [5.41, 5.74) is 1.59. The summed E-state index contributed by atoms with van der Waals surface area (Å²) >= 11 is 0. The molecule has 0 aliphatic carbocycles. The van der Waals surface area contributed by atoms with Crippen LogP contribution in [-0.2, 0) is 0 Å². The molecule has 9 heavy (non-hydrogen) atoms. The first-order valence-electron chi connectivity index (χ1n) is 3.48. The molecule has 2 aliphatic heterocycles. The second kappa shape index (κ2) is 1.74. The molecule has 0 aromatic heterocycles. The first-order chi connectivity index (χ1) is 4.36. The van der Waals surface area contributed by atoms with Gasteiger partial charge in [-0.1, -0.05) is 0 Å². The zero-order valence-electron chi connectivity index (χ0n) is 5.72. The van der Waals surface area contributed by atoms with E-state index in [9.17, 15) is 0 Å².